The first-order valence-electron chi connectivity index (χ1n) is 8.77. The quantitative estimate of drug-likeness (QED) is 0.714. The molecule has 1 fully saturated rings. The van der Waals surface area contributed by atoms with E-state index in [0.29, 0.717) is 31.2 Å². The molecule has 0 N–H and O–H groups in total. The second-order valence-electron chi connectivity index (χ2n) is 6.27. The highest BCUT2D eigenvalue weighted by molar-refractivity contribution is 6.30. The van der Waals surface area contributed by atoms with E-state index < -0.39 is 11.8 Å². The molecule has 0 spiro atoms. The summed E-state index contributed by atoms with van der Waals surface area (Å²) in [4.78, 5) is 28.1. The minimum atomic E-state index is -0.757. The van der Waals surface area contributed by atoms with E-state index >= 15 is 0 Å². The number of nitrogens with zero attached hydrogens (tertiary/aromatic N) is 2. The van der Waals surface area contributed by atoms with Crippen LogP contribution in [0.5, 0.6) is 5.75 Å². The summed E-state index contributed by atoms with van der Waals surface area (Å²) in [5.74, 6) is -1.67. The second-order valence-corrected chi connectivity index (χ2v) is 6.71. The van der Waals surface area contributed by atoms with E-state index in [1.807, 2.05) is 24.3 Å². The molecule has 0 aliphatic carbocycles. The third kappa shape index (κ3) is 4.72. The Bertz CT molecular complexity index is 869. The van der Waals surface area contributed by atoms with Crippen LogP contribution >= 0.6 is 11.6 Å². The van der Waals surface area contributed by atoms with Gasteiger partial charge in [-0.25, -0.2) is 9.18 Å². The standard InChI is InChI=1S/C20H20ClFN2O4/c1-27-18-6-5-14(11-17(18)22)20(26)28-13-19(25)24-9-7-23(8-10-24)16-4-2-3-15(21)12-16/h2-6,11-12H,7-10,13H2,1H3. The van der Waals surface area contributed by atoms with Gasteiger partial charge in [0, 0.05) is 36.9 Å². The highest BCUT2D eigenvalue weighted by Crippen LogP contribution is 2.21. The Morgan fingerprint density at radius 1 is 1.11 bits per heavy atom. The largest absolute Gasteiger partial charge is 0.494 e. The number of ether oxygens (including phenoxy) is 2. The zero-order valence-electron chi connectivity index (χ0n) is 15.4. The molecule has 0 saturated carbocycles. The molecular weight excluding hydrogens is 387 g/mol. The van der Waals surface area contributed by atoms with E-state index in [-0.39, 0.29) is 23.8 Å². The lowest BCUT2D eigenvalue weighted by molar-refractivity contribution is -0.134. The number of halogens is 2. The molecule has 28 heavy (non-hydrogen) atoms. The summed E-state index contributed by atoms with van der Waals surface area (Å²) in [5, 5.41) is 0.665. The number of esters is 1. The van der Waals surface area contributed by atoms with Crippen molar-refractivity contribution in [1.29, 1.82) is 0 Å². The van der Waals surface area contributed by atoms with Gasteiger partial charge in [-0.05, 0) is 36.4 Å². The van der Waals surface area contributed by atoms with Gasteiger partial charge in [-0.2, -0.15) is 0 Å². The molecule has 1 aliphatic heterocycles. The lowest BCUT2D eigenvalue weighted by Crippen LogP contribution is -2.49. The first-order valence-corrected chi connectivity index (χ1v) is 9.14. The molecule has 0 bridgehead atoms. The number of hydrogen-bond acceptors (Lipinski definition) is 5. The van der Waals surface area contributed by atoms with Gasteiger partial charge in [0.15, 0.2) is 18.2 Å². The Morgan fingerprint density at radius 2 is 1.86 bits per heavy atom. The minimum Gasteiger partial charge on any atom is -0.494 e. The molecule has 2 aromatic rings. The van der Waals surface area contributed by atoms with Crippen LogP contribution in [0.2, 0.25) is 5.02 Å². The SMILES string of the molecule is COc1ccc(C(=O)OCC(=O)N2CCN(c3cccc(Cl)c3)CC2)cc1F. The van der Waals surface area contributed by atoms with Crippen LogP contribution in [0.4, 0.5) is 10.1 Å². The number of anilines is 1. The molecule has 1 heterocycles. The second kappa shape index (κ2) is 8.93. The van der Waals surface area contributed by atoms with Gasteiger partial charge in [0.25, 0.3) is 5.91 Å². The first kappa shape index (κ1) is 19.9. The predicted octanol–water partition coefficient (Wildman–Crippen LogP) is 2.99. The highest BCUT2D eigenvalue weighted by atomic mass is 35.5. The number of hydrogen-bond donors (Lipinski definition) is 0. The van der Waals surface area contributed by atoms with Gasteiger partial charge in [0.1, 0.15) is 0 Å². The molecule has 2 aromatic carbocycles. The van der Waals surface area contributed by atoms with Crippen LogP contribution in [0.1, 0.15) is 10.4 Å². The van der Waals surface area contributed by atoms with Gasteiger partial charge in [0.2, 0.25) is 0 Å². The number of piperazine rings is 1. The first-order chi connectivity index (χ1) is 13.5. The zero-order valence-corrected chi connectivity index (χ0v) is 16.1. The summed E-state index contributed by atoms with van der Waals surface area (Å²) in [5.41, 5.74) is 1.03. The fraction of sp³-hybridized carbons (Fsp3) is 0.300. The van der Waals surface area contributed by atoms with Crippen LogP contribution in [0, 0.1) is 5.82 Å². The summed E-state index contributed by atoms with van der Waals surface area (Å²) in [6, 6.07) is 11.3. The van der Waals surface area contributed by atoms with Gasteiger partial charge in [-0.15, -0.1) is 0 Å². The number of benzene rings is 2. The number of carbonyl (C=O) groups excluding carboxylic acids is 2. The number of methoxy groups -OCH3 is 1. The Labute approximate surface area is 167 Å². The van der Waals surface area contributed by atoms with Crippen molar-refractivity contribution in [3.63, 3.8) is 0 Å². The summed E-state index contributed by atoms with van der Waals surface area (Å²) in [6.07, 6.45) is 0. The molecule has 0 aromatic heterocycles. The van der Waals surface area contributed by atoms with Gasteiger partial charge in [-0.3, -0.25) is 4.79 Å². The van der Waals surface area contributed by atoms with E-state index in [4.69, 9.17) is 21.1 Å². The highest BCUT2D eigenvalue weighted by Gasteiger charge is 2.22. The summed E-state index contributed by atoms with van der Waals surface area (Å²) in [6.45, 7) is 1.96. The van der Waals surface area contributed by atoms with Gasteiger partial charge in [-0.1, -0.05) is 17.7 Å². The van der Waals surface area contributed by atoms with Crippen molar-refractivity contribution in [3.8, 4) is 5.75 Å². The van der Waals surface area contributed by atoms with Gasteiger partial charge in [0.05, 0.1) is 12.7 Å². The van der Waals surface area contributed by atoms with Gasteiger partial charge >= 0.3 is 5.97 Å². The minimum absolute atomic E-state index is 0.0249. The maximum absolute atomic E-state index is 13.7. The normalized spacial score (nSPS) is 14.0. The zero-order chi connectivity index (χ0) is 20.1. The third-order valence-corrected chi connectivity index (χ3v) is 4.76. The van der Waals surface area contributed by atoms with Crippen LogP contribution in [0.3, 0.4) is 0 Å². The fourth-order valence-electron chi connectivity index (χ4n) is 2.98. The van der Waals surface area contributed by atoms with Gasteiger partial charge < -0.3 is 19.3 Å². The Hall–Kier alpha value is -2.80. The maximum atomic E-state index is 13.7. The van der Waals surface area contributed by atoms with Crippen molar-refractivity contribution < 1.29 is 23.5 Å². The number of carbonyl (C=O) groups is 2. The molecule has 0 radical (unpaired) electrons. The van der Waals surface area contributed by atoms with Crippen LogP contribution < -0.4 is 9.64 Å². The predicted molar refractivity (Wildman–Crippen MR) is 103 cm³/mol. The average molecular weight is 407 g/mol. The maximum Gasteiger partial charge on any atom is 0.338 e. The lowest BCUT2D eigenvalue weighted by atomic mass is 10.2. The number of amides is 1. The lowest BCUT2D eigenvalue weighted by Gasteiger charge is -2.36. The molecule has 0 atom stereocenters. The van der Waals surface area contributed by atoms with Crippen molar-refractivity contribution in [1.82, 2.24) is 4.90 Å². The third-order valence-electron chi connectivity index (χ3n) is 4.52. The molecule has 6 nitrogen and oxygen atoms in total. The number of rotatable bonds is 5. The molecule has 3 rings (SSSR count). The van der Waals surface area contributed by atoms with E-state index in [1.165, 1.54) is 19.2 Å². The molecule has 1 aliphatic rings. The van der Waals surface area contributed by atoms with Crippen LogP contribution in [0.15, 0.2) is 42.5 Å². The molecule has 1 amide bonds. The van der Waals surface area contributed by atoms with Crippen molar-refractivity contribution in [2.75, 3.05) is 44.8 Å². The van der Waals surface area contributed by atoms with E-state index in [1.54, 1.807) is 4.90 Å². The molecular formula is C20H20ClFN2O4. The Kier molecular flexibility index (Phi) is 6.36. The Morgan fingerprint density at radius 3 is 2.50 bits per heavy atom. The van der Waals surface area contributed by atoms with Crippen molar-refractivity contribution >= 4 is 29.2 Å². The summed E-state index contributed by atoms with van der Waals surface area (Å²) in [7, 11) is 1.33. The molecule has 1 saturated heterocycles. The van der Waals surface area contributed by atoms with E-state index in [9.17, 15) is 14.0 Å². The van der Waals surface area contributed by atoms with Crippen molar-refractivity contribution in [2.45, 2.75) is 0 Å². The molecule has 148 valence electrons. The van der Waals surface area contributed by atoms with Crippen LogP contribution in [-0.2, 0) is 9.53 Å². The average Bonchev–Trinajstić information content (AvgIpc) is 2.71. The summed E-state index contributed by atoms with van der Waals surface area (Å²) >= 11 is 6.02. The topological polar surface area (TPSA) is 59.1 Å². The van der Waals surface area contributed by atoms with Crippen molar-refractivity contribution in [2.24, 2.45) is 0 Å². The van der Waals surface area contributed by atoms with E-state index in [0.717, 1.165) is 11.8 Å². The van der Waals surface area contributed by atoms with Crippen LogP contribution in [-0.4, -0.2) is 56.7 Å². The van der Waals surface area contributed by atoms with E-state index in [2.05, 4.69) is 4.90 Å². The smallest absolute Gasteiger partial charge is 0.338 e. The monoisotopic (exact) mass is 406 g/mol. The molecule has 8 heteroatoms. The molecule has 0 unspecified atom stereocenters. The fourth-order valence-corrected chi connectivity index (χ4v) is 3.17. The summed E-state index contributed by atoms with van der Waals surface area (Å²) < 4.78 is 23.5. The van der Waals surface area contributed by atoms with Crippen LogP contribution in [0.25, 0.3) is 0 Å². The Balaban J connectivity index is 1.49. The van der Waals surface area contributed by atoms with Crippen molar-refractivity contribution in [3.05, 3.63) is 58.9 Å².